The van der Waals surface area contributed by atoms with Gasteiger partial charge in [0, 0.05) is 18.0 Å². The van der Waals surface area contributed by atoms with Crippen LogP contribution in [0.4, 0.5) is 0 Å². The number of furan rings is 1. The Hall–Kier alpha value is -3.21. The van der Waals surface area contributed by atoms with Gasteiger partial charge < -0.3 is 9.32 Å². The van der Waals surface area contributed by atoms with Crippen LogP contribution in [0.25, 0.3) is 22.0 Å². The summed E-state index contributed by atoms with van der Waals surface area (Å²) < 4.78 is 5.92. The Morgan fingerprint density at radius 3 is 2.44 bits per heavy atom. The van der Waals surface area contributed by atoms with E-state index in [-0.39, 0.29) is 11.9 Å². The Kier molecular flexibility index (Phi) is 4.15. The first-order valence-electron chi connectivity index (χ1n) is 8.94. The largest absolute Gasteiger partial charge is 0.459 e. The van der Waals surface area contributed by atoms with Crippen molar-refractivity contribution in [3.8, 4) is 0 Å². The SMILES string of the molecule is Cc1nc2ccc(C(=O)N(C)C(C)c3cc4ccccc4o3)cc2nc1C. The minimum Gasteiger partial charge on any atom is -0.459 e. The average molecular weight is 359 g/mol. The van der Waals surface area contributed by atoms with Crippen molar-refractivity contribution in [3.05, 3.63) is 71.2 Å². The summed E-state index contributed by atoms with van der Waals surface area (Å²) in [6.07, 6.45) is 0. The van der Waals surface area contributed by atoms with E-state index in [4.69, 9.17) is 4.42 Å². The van der Waals surface area contributed by atoms with Gasteiger partial charge in [-0.1, -0.05) is 18.2 Å². The highest BCUT2D eigenvalue weighted by Crippen LogP contribution is 2.28. The molecule has 1 atom stereocenters. The van der Waals surface area contributed by atoms with E-state index in [1.165, 1.54) is 0 Å². The lowest BCUT2D eigenvalue weighted by atomic mass is 10.1. The van der Waals surface area contributed by atoms with Gasteiger partial charge in [-0.05, 0) is 51.1 Å². The first-order valence-corrected chi connectivity index (χ1v) is 8.94. The molecule has 0 saturated heterocycles. The maximum absolute atomic E-state index is 13.0. The van der Waals surface area contributed by atoms with Crippen molar-refractivity contribution in [2.24, 2.45) is 0 Å². The minimum atomic E-state index is -0.188. The van der Waals surface area contributed by atoms with E-state index in [9.17, 15) is 4.79 Å². The van der Waals surface area contributed by atoms with Crippen molar-refractivity contribution in [2.75, 3.05) is 7.05 Å². The summed E-state index contributed by atoms with van der Waals surface area (Å²) >= 11 is 0. The van der Waals surface area contributed by atoms with Gasteiger partial charge in [-0.3, -0.25) is 4.79 Å². The number of para-hydroxylation sites is 1. The molecule has 27 heavy (non-hydrogen) atoms. The van der Waals surface area contributed by atoms with Crippen LogP contribution in [0.5, 0.6) is 0 Å². The van der Waals surface area contributed by atoms with Crippen LogP contribution in [0.3, 0.4) is 0 Å². The molecule has 4 rings (SSSR count). The van der Waals surface area contributed by atoms with Crippen molar-refractivity contribution in [1.29, 1.82) is 0 Å². The zero-order valence-corrected chi connectivity index (χ0v) is 15.9. The molecule has 5 heteroatoms. The van der Waals surface area contributed by atoms with E-state index in [1.54, 1.807) is 24.1 Å². The molecule has 2 aromatic heterocycles. The van der Waals surface area contributed by atoms with E-state index in [0.717, 1.165) is 39.2 Å². The third-order valence-corrected chi connectivity index (χ3v) is 5.08. The van der Waals surface area contributed by atoms with Gasteiger partial charge in [-0.2, -0.15) is 0 Å². The van der Waals surface area contributed by atoms with Crippen LogP contribution in [-0.4, -0.2) is 27.8 Å². The lowest BCUT2D eigenvalue weighted by Crippen LogP contribution is -2.29. The fourth-order valence-electron chi connectivity index (χ4n) is 3.14. The number of fused-ring (bicyclic) bond motifs is 2. The van der Waals surface area contributed by atoms with Crippen LogP contribution in [0.1, 0.15) is 40.5 Å². The predicted octanol–water partition coefficient (Wildman–Crippen LogP) is 4.83. The molecule has 0 aliphatic heterocycles. The highest BCUT2D eigenvalue weighted by atomic mass is 16.3. The second-order valence-corrected chi connectivity index (χ2v) is 6.88. The summed E-state index contributed by atoms with van der Waals surface area (Å²) in [7, 11) is 1.79. The van der Waals surface area contributed by atoms with E-state index >= 15 is 0 Å². The zero-order valence-electron chi connectivity index (χ0n) is 15.9. The summed E-state index contributed by atoms with van der Waals surface area (Å²) in [5, 5.41) is 1.03. The molecule has 0 radical (unpaired) electrons. The van der Waals surface area contributed by atoms with Gasteiger partial charge in [0.15, 0.2) is 0 Å². The minimum absolute atomic E-state index is 0.0788. The smallest absolute Gasteiger partial charge is 0.254 e. The molecule has 0 fully saturated rings. The number of amides is 1. The Labute approximate surface area is 157 Å². The summed E-state index contributed by atoms with van der Waals surface area (Å²) in [5.74, 6) is 0.684. The van der Waals surface area contributed by atoms with Crippen molar-refractivity contribution in [3.63, 3.8) is 0 Å². The third-order valence-electron chi connectivity index (χ3n) is 5.08. The van der Waals surface area contributed by atoms with Gasteiger partial charge >= 0.3 is 0 Å². The van der Waals surface area contributed by atoms with Crippen molar-refractivity contribution < 1.29 is 9.21 Å². The van der Waals surface area contributed by atoms with Gasteiger partial charge in [0.1, 0.15) is 11.3 Å². The van der Waals surface area contributed by atoms with Crippen LogP contribution in [0, 0.1) is 13.8 Å². The monoisotopic (exact) mass is 359 g/mol. The van der Waals surface area contributed by atoms with Crippen molar-refractivity contribution >= 4 is 27.9 Å². The summed E-state index contributed by atoms with van der Waals surface area (Å²) in [6.45, 7) is 5.82. The average Bonchev–Trinajstić information content (AvgIpc) is 3.11. The predicted molar refractivity (Wildman–Crippen MR) is 106 cm³/mol. The molecule has 1 unspecified atom stereocenters. The van der Waals surface area contributed by atoms with Gasteiger partial charge in [0.2, 0.25) is 0 Å². The van der Waals surface area contributed by atoms with Gasteiger partial charge in [-0.15, -0.1) is 0 Å². The number of aromatic nitrogens is 2. The molecule has 0 saturated carbocycles. The van der Waals surface area contributed by atoms with Crippen LogP contribution in [0.15, 0.2) is 52.9 Å². The van der Waals surface area contributed by atoms with Crippen LogP contribution >= 0.6 is 0 Å². The fourth-order valence-corrected chi connectivity index (χ4v) is 3.14. The topological polar surface area (TPSA) is 59.2 Å². The molecule has 0 aliphatic carbocycles. The van der Waals surface area contributed by atoms with Crippen LogP contribution < -0.4 is 0 Å². The van der Waals surface area contributed by atoms with E-state index in [2.05, 4.69) is 9.97 Å². The fraction of sp³-hybridized carbons (Fsp3) is 0.227. The van der Waals surface area contributed by atoms with E-state index in [0.29, 0.717) is 5.56 Å². The van der Waals surface area contributed by atoms with Gasteiger partial charge in [-0.25, -0.2) is 9.97 Å². The molecular formula is C22H21N3O2. The third kappa shape index (κ3) is 3.05. The van der Waals surface area contributed by atoms with Crippen LogP contribution in [0.2, 0.25) is 0 Å². The quantitative estimate of drug-likeness (QED) is 0.526. The number of nitrogens with zero attached hydrogens (tertiary/aromatic N) is 3. The Morgan fingerprint density at radius 2 is 1.70 bits per heavy atom. The summed E-state index contributed by atoms with van der Waals surface area (Å²) in [5.41, 5.74) is 4.71. The number of benzene rings is 2. The first kappa shape index (κ1) is 17.2. The number of carbonyl (C=O) groups excluding carboxylic acids is 1. The standard InChI is InChI=1S/C22H21N3O2/c1-13-14(2)24-19-11-17(9-10-18(19)23-13)22(26)25(4)15(3)21-12-16-7-5-6-8-20(16)27-21/h5-12,15H,1-4H3. The lowest BCUT2D eigenvalue weighted by Gasteiger charge is -2.23. The zero-order chi connectivity index (χ0) is 19.1. The second kappa shape index (κ2) is 6.50. The molecule has 2 heterocycles. The van der Waals surface area contributed by atoms with Crippen molar-refractivity contribution in [2.45, 2.75) is 26.8 Å². The normalized spacial score (nSPS) is 12.4. The van der Waals surface area contributed by atoms with Gasteiger partial charge in [0.25, 0.3) is 5.91 Å². The number of hydrogen-bond donors (Lipinski definition) is 0. The maximum atomic E-state index is 13.0. The summed E-state index contributed by atoms with van der Waals surface area (Å²) in [4.78, 5) is 23.8. The number of hydrogen-bond acceptors (Lipinski definition) is 4. The molecule has 0 N–H and O–H groups in total. The summed E-state index contributed by atoms with van der Waals surface area (Å²) in [6, 6.07) is 15.1. The molecule has 0 bridgehead atoms. The Bertz CT molecular complexity index is 1130. The molecular weight excluding hydrogens is 338 g/mol. The maximum Gasteiger partial charge on any atom is 0.254 e. The van der Waals surface area contributed by atoms with Crippen molar-refractivity contribution in [1.82, 2.24) is 14.9 Å². The van der Waals surface area contributed by atoms with E-state index < -0.39 is 0 Å². The molecule has 0 aliphatic rings. The lowest BCUT2D eigenvalue weighted by molar-refractivity contribution is 0.0727. The highest BCUT2D eigenvalue weighted by Gasteiger charge is 2.22. The molecule has 2 aromatic carbocycles. The number of aryl methyl sites for hydroxylation is 2. The Morgan fingerprint density at radius 1 is 1.00 bits per heavy atom. The van der Waals surface area contributed by atoms with Gasteiger partial charge in [0.05, 0.1) is 28.5 Å². The van der Waals surface area contributed by atoms with E-state index in [1.807, 2.05) is 57.2 Å². The first-order chi connectivity index (χ1) is 12.9. The Balaban J connectivity index is 1.64. The van der Waals surface area contributed by atoms with Crippen LogP contribution in [-0.2, 0) is 0 Å². The number of rotatable bonds is 3. The molecule has 5 nitrogen and oxygen atoms in total. The number of carbonyl (C=O) groups is 1. The molecule has 0 spiro atoms. The molecule has 136 valence electrons. The molecule has 4 aromatic rings. The molecule has 1 amide bonds. The highest BCUT2D eigenvalue weighted by molar-refractivity contribution is 5.97. The second-order valence-electron chi connectivity index (χ2n) is 6.88.